The molecule has 0 N–H and O–H groups in total. The molecule has 6 nitrogen and oxygen atoms in total. The minimum absolute atomic E-state index is 0.0846. The first kappa shape index (κ1) is 22.9. The molecule has 0 aliphatic carbocycles. The van der Waals surface area contributed by atoms with Crippen LogP contribution in [0.2, 0.25) is 0 Å². The van der Waals surface area contributed by atoms with Crippen LogP contribution in [-0.2, 0) is 23.1 Å². The number of hydrogen-bond acceptors (Lipinski definition) is 3. The van der Waals surface area contributed by atoms with Gasteiger partial charge in [-0.1, -0.05) is 43.7 Å². The number of para-hydroxylation sites is 3. The van der Waals surface area contributed by atoms with Gasteiger partial charge in [0.25, 0.3) is 0 Å². The topological polar surface area (TPSA) is 58.2 Å². The number of aryl methyl sites for hydroxylation is 2. The first-order valence-corrected chi connectivity index (χ1v) is 11.8. The minimum Gasteiger partial charge on any atom is -0.466 e. The van der Waals surface area contributed by atoms with Crippen molar-refractivity contribution in [3.05, 3.63) is 69.8 Å². The van der Waals surface area contributed by atoms with Crippen LogP contribution in [0.3, 0.4) is 0 Å². The van der Waals surface area contributed by atoms with Crippen molar-refractivity contribution >= 4 is 27.9 Å². The number of benzene rings is 2. The lowest BCUT2D eigenvalue weighted by Crippen LogP contribution is -2.29. The monoisotopic (exact) mass is 447 g/mol. The largest absolute Gasteiger partial charge is 0.466 e. The number of nitrogens with zero attached hydrogens (tertiary/aromatic N) is 3. The molecule has 0 amide bonds. The van der Waals surface area contributed by atoms with Crippen molar-refractivity contribution in [1.29, 1.82) is 0 Å². The van der Waals surface area contributed by atoms with Crippen LogP contribution in [0.5, 0.6) is 0 Å². The van der Waals surface area contributed by atoms with Gasteiger partial charge in [-0.2, -0.15) is 0 Å². The second kappa shape index (κ2) is 9.30. The highest BCUT2D eigenvalue weighted by atomic mass is 16.5. The highest BCUT2D eigenvalue weighted by Crippen LogP contribution is 2.29. The van der Waals surface area contributed by atoms with Gasteiger partial charge in [-0.3, -0.25) is 13.9 Å². The van der Waals surface area contributed by atoms with E-state index in [1.807, 2.05) is 28.8 Å². The Morgan fingerprint density at radius 1 is 1.03 bits per heavy atom. The van der Waals surface area contributed by atoms with Crippen LogP contribution in [0.1, 0.15) is 56.0 Å². The Balaban J connectivity index is 1.87. The third-order valence-corrected chi connectivity index (χ3v) is 6.80. The van der Waals surface area contributed by atoms with Gasteiger partial charge >= 0.3 is 11.7 Å². The molecule has 2 aromatic heterocycles. The fraction of sp³-hybridized carbons (Fsp3) is 0.407. The molecule has 0 saturated carbocycles. The van der Waals surface area contributed by atoms with Gasteiger partial charge in [-0.25, -0.2) is 4.79 Å². The van der Waals surface area contributed by atoms with E-state index < -0.39 is 0 Å². The summed E-state index contributed by atoms with van der Waals surface area (Å²) < 4.78 is 11.1. The normalized spacial score (nSPS) is 12.5. The summed E-state index contributed by atoms with van der Waals surface area (Å²) in [6, 6.07) is 13.9. The molecule has 1 atom stereocenters. The Morgan fingerprint density at radius 3 is 2.45 bits per heavy atom. The van der Waals surface area contributed by atoms with Crippen LogP contribution in [0.4, 0.5) is 0 Å². The number of carbonyl (C=O) groups is 1. The molecule has 0 bridgehead atoms. The minimum atomic E-state index is -0.265. The second-order valence-corrected chi connectivity index (χ2v) is 8.76. The van der Waals surface area contributed by atoms with Crippen LogP contribution in [0, 0.1) is 13.8 Å². The zero-order valence-corrected chi connectivity index (χ0v) is 20.2. The number of rotatable bonds is 8. The summed E-state index contributed by atoms with van der Waals surface area (Å²) in [6.07, 6.45) is 1.80. The Hall–Kier alpha value is -3.28. The van der Waals surface area contributed by atoms with Crippen molar-refractivity contribution in [2.45, 2.75) is 59.5 Å². The van der Waals surface area contributed by atoms with Gasteiger partial charge in [0, 0.05) is 24.2 Å². The maximum absolute atomic E-state index is 13.8. The van der Waals surface area contributed by atoms with Gasteiger partial charge in [-0.15, -0.1) is 0 Å². The third kappa shape index (κ3) is 3.99. The van der Waals surface area contributed by atoms with Gasteiger partial charge in [0.05, 0.1) is 36.1 Å². The Labute approximate surface area is 194 Å². The van der Waals surface area contributed by atoms with Gasteiger partial charge in [0.1, 0.15) is 0 Å². The highest BCUT2D eigenvalue weighted by Gasteiger charge is 2.23. The van der Waals surface area contributed by atoms with E-state index in [4.69, 9.17) is 4.74 Å². The van der Waals surface area contributed by atoms with Gasteiger partial charge < -0.3 is 9.30 Å². The smallest absolute Gasteiger partial charge is 0.329 e. The maximum atomic E-state index is 13.8. The van der Waals surface area contributed by atoms with Crippen molar-refractivity contribution in [2.24, 2.45) is 7.05 Å². The number of carbonyl (C=O) groups excluding carboxylic acids is 1. The number of hydrogen-bond donors (Lipinski definition) is 0. The molecule has 6 heteroatoms. The number of fused-ring (bicyclic) bond motifs is 2. The lowest BCUT2D eigenvalue weighted by molar-refractivity contribution is -0.144. The summed E-state index contributed by atoms with van der Waals surface area (Å²) >= 11 is 0. The molecule has 0 radical (unpaired) electrons. The van der Waals surface area contributed by atoms with E-state index in [0.29, 0.717) is 13.2 Å². The Morgan fingerprint density at radius 2 is 1.76 bits per heavy atom. The Bertz CT molecular complexity index is 1370. The molecule has 0 spiro atoms. The molecule has 0 aliphatic rings. The van der Waals surface area contributed by atoms with Crippen molar-refractivity contribution in [3.8, 4) is 0 Å². The van der Waals surface area contributed by atoms with Crippen LogP contribution in [0.15, 0.2) is 47.3 Å². The number of aromatic nitrogens is 3. The summed E-state index contributed by atoms with van der Waals surface area (Å²) in [4.78, 5) is 26.1. The van der Waals surface area contributed by atoms with E-state index in [1.165, 1.54) is 16.6 Å². The summed E-state index contributed by atoms with van der Waals surface area (Å²) in [7, 11) is 2.08. The first-order chi connectivity index (χ1) is 15.9. The molecule has 174 valence electrons. The van der Waals surface area contributed by atoms with Gasteiger partial charge in [0.15, 0.2) is 0 Å². The van der Waals surface area contributed by atoms with E-state index >= 15 is 0 Å². The molecule has 2 aromatic carbocycles. The predicted molar refractivity (Wildman–Crippen MR) is 133 cm³/mol. The van der Waals surface area contributed by atoms with Gasteiger partial charge in [-0.05, 0) is 50.5 Å². The van der Waals surface area contributed by atoms with Crippen molar-refractivity contribution in [3.63, 3.8) is 0 Å². The van der Waals surface area contributed by atoms with E-state index in [1.54, 1.807) is 11.5 Å². The second-order valence-electron chi connectivity index (χ2n) is 8.76. The zero-order valence-electron chi connectivity index (χ0n) is 20.2. The molecule has 0 saturated heterocycles. The summed E-state index contributed by atoms with van der Waals surface area (Å²) in [6.45, 7) is 8.96. The van der Waals surface area contributed by atoms with E-state index in [-0.39, 0.29) is 24.1 Å². The predicted octanol–water partition coefficient (Wildman–Crippen LogP) is 5.25. The standard InChI is InChI=1S/C27H33N3O3/c1-6-11-21(16-25(31)33-7-2)30-24-15-9-8-14-23(24)29(27(30)32)17-20-12-10-13-22-18(3)19(4)28(5)26(20)22/h8-10,12-15,21H,6-7,11,16-17H2,1-5H3. The van der Waals surface area contributed by atoms with Crippen molar-refractivity contribution in [2.75, 3.05) is 6.61 Å². The lowest BCUT2D eigenvalue weighted by Gasteiger charge is -2.17. The SMILES string of the molecule is CCCC(CC(=O)OCC)n1c(=O)n(Cc2cccc3c(C)c(C)n(C)c23)c2ccccc21. The fourth-order valence-corrected chi connectivity index (χ4v) is 5.01. The molecule has 4 aromatic rings. The van der Waals surface area contributed by atoms with Gasteiger partial charge in [0.2, 0.25) is 0 Å². The van der Waals surface area contributed by atoms with Crippen LogP contribution in [0.25, 0.3) is 21.9 Å². The Kier molecular flexibility index (Phi) is 6.45. The summed E-state index contributed by atoms with van der Waals surface area (Å²) in [5, 5.41) is 1.22. The fourth-order valence-electron chi connectivity index (χ4n) is 5.01. The zero-order chi connectivity index (χ0) is 23.7. The molecule has 4 rings (SSSR count). The number of ether oxygens (including phenoxy) is 1. The summed E-state index contributed by atoms with van der Waals surface area (Å²) in [5.74, 6) is -0.265. The lowest BCUT2D eigenvalue weighted by atomic mass is 10.1. The summed E-state index contributed by atoms with van der Waals surface area (Å²) in [5.41, 5.74) is 6.41. The molecule has 0 fully saturated rings. The molecule has 1 unspecified atom stereocenters. The van der Waals surface area contributed by atoms with E-state index in [2.05, 4.69) is 50.6 Å². The molecule has 2 heterocycles. The van der Waals surface area contributed by atoms with Crippen molar-refractivity contribution < 1.29 is 9.53 Å². The maximum Gasteiger partial charge on any atom is 0.329 e. The average molecular weight is 448 g/mol. The van der Waals surface area contributed by atoms with Crippen LogP contribution in [-0.4, -0.2) is 26.3 Å². The van der Waals surface area contributed by atoms with E-state index in [0.717, 1.165) is 35.0 Å². The van der Waals surface area contributed by atoms with E-state index in [9.17, 15) is 9.59 Å². The first-order valence-electron chi connectivity index (χ1n) is 11.8. The number of imidazole rings is 1. The molecule has 33 heavy (non-hydrogen) atoms. The van der Waals surface area contributed by atoms with Crippen LogP contribution < -0.4 is 5.69 Å². The average Bonchev–Trinajstić information content (AvgIpc) is 3.20. The molecular formula is C27H33N3O3. The molecular weight excluding hydrogens is 414 g/mol. The highest BCUT2D eigenvalue weighted by molar-refractivity contribution is 5.88. The number of esters is 1. The van der Waals surface area contributed by atoms with Crippen molar-refractivity contribution in [1.82, 2.24) is 13.7 Å². The quantitative estimate of drug-likeness (QED) is 0.347. The molecule has 0 aliphatic heterocycles. The third-order valence-electron chi connectivity index (χ3n) is 6.80. The van der Waals surface area contributed by atoms with Crippen LogP contribution >= 0.6 is 0 Å².